The van der Waals surface area contributed by atoms with Gasteiger partial charge < -0.3 is 10.4 Å². The van der Waals surface area contributed by atoms with E-state index in [-0.39, 0.29) is 12.5 Å². The first-order valence-corrected chi connectivity index (χ1v) is 7.56. The number of nitrogens with two attached hydrogens (primary N) is 1. The Hall–Kier alpha value is -2.60. The van der Waals surface area contributed by atoms with E-state index in [2.05, 4.69) is 17.4 Å². The number of aryl methyl sites for hydroxylation is 1. The van der Waals surface area contributed by atoms with Crippen molar-refractivity contribution in [3.63, 3.8) is 0 Å². The number of hydrogen-bond donors (Lipinski definition) is 3. The van der Waals surface area contributed by atoms with Crippen molar-refractivity contribution in [1.82, 2.24) is 10.3 Å². The van der Waals surface area contributed by atoms with Crippen LogP contribution in [0.1, 0.15) is 18.4 Å². The van der Waals surface area contributed by atoms with Gasteiger partial charge in [0.05, 0.1) is 0 Å². The fourth-order valence-electron chi connectivity index (χ4n) is 2.36. The molecule has 0 unspecified atom stereocenters. The normalized spacial score (nSPS) is 10.5. The standard InChI is InChI=1S/C17H21N3O3/c18-20(11-3-10-19-17(22)23)16(21)9-7-13-6-8-14-4-1-2-5-15(14)12-13/h1-2,4-6,8,12,19H,3,7,9-11,18H2,(H,22,23). The average molecular weight is 315 g/mol. The summed E-state index contributed by atoms with van der Waals surface area (Å²) in [5.74, 6) is 5.55. The van der Waals surface area contributed by atoms with E-state index in [1.165, 1.54) is 5.39 Å². The Morgan fingerprint density at radius 2 is 1.87 bits per heavy atom. The molecule has 0 saturated carbocycles. The Morgan fingerprint density at radius 1 is 1.13 bits per heavy atom. The summed E-state index contributed by atoms with van der Waals surface area (Å²) < 4.78 is 0. The van der Waals surface area contributed by atoms with Crippen LogP contribution in [0, 0.1) is 0 Å². The van der Waals surface area contributed by atoms with Gasteiger partial charge in [-0.1, -0.05) is 42.5 Å². The quantitative estimate of drug-likeness (QED) is 0.316. The van der Waals surface area contributed by atoms with Gasteiger partial charge in [0, 0.05) is 19.5 Å². The van der Waals surface area contributed by atoms with Gasteiger partial charge in [-0.15, -0.1) is 0 Å². The number of hydrogen-bond acceptors (Lipinski definition) is 3. The molecule has 0 radical (unpaired) electrons. The summed E-state index contributed by atoms with van der Waals surface area (Å²) in [5, 5.41) is 14.2. The molecule has 2 aromatic carbocycles. The lowest BCUT2D eigenvalue weighted by Gasteiger charge is -2.16. The van der Waals surface area contributed by atoms with Crippen LogP contribution >= 0.6 is 0 Å². The van der Waals surface area contributed by atoms with Gasteiger partial charge in [0.2, 0.25) is 5.91 Å². The number of nitrogens with one attached hydrogen (secondary N) is 1. The molecule has 0 atom stereocenters. The van der Waals surface area contributed by atoms with Crippen LogP contribution in [-0.4, -0.2) is 35.2 Å². The van der Waals surface area contributed by atoms with Gasteiger partial charge in [0.15, 0.2) is 0 Å². The Bertz CT molecular complexity index is 688. The Morgan fingerprint density at radius 3 is 2.61 bits per heavy atom. The summed E-state index contributed by atoms with van der Waals surface area (Å²) in [5.41, 5.74) is 1.10. The van der Waals surface area contributed by atoms with Crippen LogP contribution in [0.5, 0.6) is 0 Å². The smallest absolute Gasteiger partial charge is 0.404 e. The molecule has 0 aromatic heterocycles. The zero-order valence-corrected chi connectivity index (χ0v) is 12.9. The molecule has 2 aromatic rings. The first-order valence-electron chi connectivity index (χ1n) is 7.56. The van der Waals surface area contributed by atoms with E-state index in [1.54, 1.807) is 0 Å². The number of rotatable bonds is 7. The first kappa shape index (κ1) is 16.8. The minimum absolute atomic E-state index is 0.145. The lowest BCUT2D eigenvalue weighted by Crippen LogP contribution is -2.39. The van der Waals surface area contributed by atoms with Crippen LogP contribution in [0.2, 0.25) is 0 Å². The molecule has 0 spiro atoms. The maximum absolute atomic E-state index is 12.0. The van der Waals surface area contributed by atoms with Crippen LogP contribution in [0.3, 0.4) is 0 Å². The SMILES string of the molecule is NN(CCCNC(=O)O)C(=O)CCc1ccc2ccccc2c1. The number of benzene rings is 2. The lowest BCUT2D eigenvalue weighted by molar-refractivity contribution is -0.131. The monoisotopic (exact) mass is 315 g/mol. The summed E-state index contributed by atoms with van der Waals surface area (Å²) in [4.78, 5) is 22.3. The number of nitrogens with zero attached hydrogens (tertiary/aromatic N) is 1. The van der Waals surface area contributed by atoms with Crippen molar-refractivity contribution in [2.24, 2.45) is 5.84 Å². The van der Waals surface area contributed by atoms with Crippen molar-refractivity contribution < 1.29 is 14.7 Å². The van der Waals surface area contributed by atoms with Crippen molar-refractivity contribution in [2.75, 3.05) is 13.1 Å². The second kappa shape index (κ2) is 8.14. The Balaban J connectivity index is 1.79. The zero-order valence-electron chi connectivity index (χ0n) is 12.9. The predicted octanol–water partition coefficient (Wildman–Crippen LogP) is 2.13. The fraction of sp³-hybridized carbons (Fsp3) is 0.294. The highest BCUT2D eigenvalue weighted by molar-refractivity contribution is 5.83. The fourth-order valence-corrected chi connectivity index (χ4v) is 2.36. The minimum Gasteiger partial charge on any atom is -0.465 e. The zero-order chi connectivity index (χ0) is 16.7. The van der Waals surface area contributed by atoms with E-state index < -0.39 is 6.09 Å². The van der Waals surface area contributed by atoms with Gasteiger partial charge in [-0.2, -0.15) is 0 Å². The van der Waals surface area contributed by atoms with E-state index in [0.717, 1.165) is 16.0 Å². The van der Waals surface area contributed by atoms with Gasteiger partial charge in [-0.3, -0.25) is 9.80 Å². The molecule has 23 heavy (non-hydrogen) atoms. The molecule has 2 amide bonds. The van der Waals surface area contributed by atoms with Crippen molar-refractivity contribution >= 4 is 22.8 Å². The van der Waals surface area contributed by atoms with Gasteiger partial charge in [0.25, 0.3) is 0 Å². The summed E-state index contributed by atoms with van der Waals surface area (Å²) >= 11 is 0. The first-order chi connectivity index (χ1) is 11.1. The average Bonchev–Trinajstić information content (AvgIpc) is 2.56. The molecule has 6 nitrogen and oxygen atoms in total. The number of carboxylic acid groups (broad SMARTS) is 1. The van der Waals surface area contributed by atoms with Gasteiger partial charge in [-0.05, 0) is 29.2 Å². The number of fused-ring (bicyclic) bond motifs is 1. The van der Waals surface area contributed by atoms with E-state index in [1.807, 2.05) is 30.3 Å². The van der Waals surface area contributed by atoms with E-state index in [4.69, 9.17) is 10.9 Å². The Kier molecular flexibility index (Phi) is 5.94. The molecule has 6 heteroatoms. The third kappa shape index (κ3) is 5.27. The highest BCUT2D eigenvalue weighted by atomic mass is 16.4. The van der Waals surface area contributed by atoms with Crippen LogP contribution in [0.15, 0.2) is 42.5 Å². The van der Waals surface area contributed by atoms with Crippen molar-refractivity contribution in [2.45, 2.75) is 19.3 Å². The summed E-state index contributed by atoms with van der Waals surface area (Å²) in [6, 6.07) is 14.2. The van der Waals surface area contributed by atoms with Crippen molar-refractivity contribution in [1.29, 1.82) is 0 Å². The molecular formula is C17H21N3O3. The number of hydrazine groups is 1. The molecule has 0 heterocycles. The lowest BCUT2D eigenvalue weighted by atomic mass is 10.0. The molecule has 0 aliphatic heterocycles. The molecule has 2 rings (SSSR count). The van der Waals surface area contributed by atoms with Crippen LogP contribution in [0.4, 0.5) is 4.79 Å². The summed E-state index contributed by atoms with van der Waals surface area (Å²) in [6.45, 7) is 0.609. The molecule has 0 saturated heterocycles. The van der Waals surface area contributed by atoms with Crippen molar-refractivity contribution in [3.05, 3.63) is 48.0 Å². The highest BCUT2D eigenvalue weighted by Gasteiger charge is 2.09. The molecule has 0 aliphatic rings. The van der Waals surface area contributed by atoms with Gasteiger partial charge >= 0.3 is 6.09 Å². The minimum atomic E-state index is -1.07. The van der Waals surface area contributed by atoms with Crippen LogP contribution in [0.25, 0.3) is 10.8 Å². The topological polar surface area (TPSA) is 95.7 Å². The molecule has 122 valence electrons. The Labute approximate surface area is 134 Å². The maximum Gasteiger partial charge on any atom is 0.404 e. The second-order valence-electron chi connectivity index (χ2n) is 5.35. The number of carbonyl (C=O) groups excluding carboxylic acids is 1. The van der Waals surface area contributed by atoms with Crippen LogP contribution in [-0.2, 0) is 11.2 Å². The van der Waals surface area contributed by atoms with Gasteiger partial charge in [0.1, 0.15) is 0 Å². The third-order valence-electron chi connectivity index (χ3n) is 3.61. The second-order valence-corrected chi connectivity index (χ2v) is 5.35. The summed E-state index contributed by atoms with van der Waals surface area (Å²) in [6.07, 6.45) is 0.382. The molecule has 0 bridgehead atoms. The predicted molar refractivity (Wildman–Crippen MR) is 88.8 cm³/mol. The van der Waals surface area contributed by atoms with Crippen molar-refractivity contribution in [3.8, 4) is 0 Å². The van der Waals surface area contributed by atoms with E-state index >= 15 is 0 Å². The van der Waals surface area contributed by atoms with E-state index in [9.17, 15) is 9.59 Å². The molecule has 4 N–H and O–H groups in total. The number of carbonyl (C=O) groups is 2. The molecule has 0 aliphatic carbocycles. The summed E-state index contributed by atoms with van der Waals surface area (Å²) in [7, 11) is 0. The third-order valence-corrected chi connectivity index (χ3v) is 3.61. The molecular weight excluding hydrogens is 294 g/mol. The van der Waals surface area contributed by atoms with Gasteiger partial charge in [-0.25, -0.2) is 10.6 Å². The molecule has 0 fully saturated rings. The highest BCUT2D eigenvalue weighted by Crippen LogP contribution is 2.16. The number of amides is 2. The van der Waals surface area contributed by atoms with Crippen LogP contribution < -0.4 is 11.2 Å². The largest absolute Gasteiger partial charge is 0.465 e. The maximum atomic E-state index is 12.0. The van der Waals surface area contributed by atoms with E-state index in [0.29, 0.717) is 25.8 Å².